The normalized spacial score (nSPS) is 11.9. The van der Waals surface area contributed by atoms with E-state index in [4.69, 9.17) is 27.9 Å². The zero-order valence-corrected chi connectivity index (χ0v) is 27.1. The van der Waals surface area contributed by atoms with Gasteiger partial charge in [0.2, 0.25) is 21.8 Å². The molecule has 0 aliphatic carbocycles. The van der Waals surface area contributed by atoms with E-state index in [9.17, 15) is 18.0 Å². The fourth-order valence-corrected chi connectivity index (χ4v) is 5.97. The molecule has 0 fully saturated rings. The number of para-hydroxylation sites is 2. The molecule has 0 unspecified atom stereocenters. The minimum Gasteiger partial charge on any atom is -0.492 e. The minimum absolute atomic E-state index is 0.0104. The Morgan fingerprint density at radius 3 is 2.28 bits per heavy atom. The number of ether oxygens (including phenoxy) is 1. The van der Waals surface area contributed by atoms with Gasteiger partial charge in [-0.15, -0.1) is 0 Å². The summed E-state index contributed by atoms with van der Waals surface area (Å²) in [6, 6.07) is 20.7. The number of carbonyl (C=O) groups is 2. The lowest BCUT2D eigenvalue weighted by Crippen LogP contribution is -2.50. The zero-order valence-electron chi connectivity index (χ0n) is 24.8. The number of halogens is 2. The Kier molecular flexibility index (Phi) is 13.2. The Morgan fingerprint density at radius 1 is 0.930 bits per heavy atom. The van der Waals surface area contributed by atoms with Crippen LogP contribution in [0.1, 0.15) is 44.2 Å². The van der Waals surface area contributed by atoms with Gasteiger partial charge in [-0.05, 0) is 55.2 Å². The van der Waals surface area contributed by atoms with Crippen LogP contribution in [-0.2, 0) is 32.6 Å². The lowest BCUT2D eigenvalue weighted by atomic mass is 10.0. The van der Waals surface area contributed by atoms with Crippen molar-refractivity contribution < 1.29 is 22.7 Å². The maximum Gasteiger partial charge on any atom is 0.243 e. The number of hydrogen-bond donors (Lipinski definition) is 1. The van der Waals surface area contributed by atoms with Crippen LogP contribution in [0.4, 0.5) is 5.69 Å². The minimum atomic E-state index is -3.68. The molecule has 11 heteroatoms. The van der Waals surface area contributed by atoms with Gasteiger partial charge < -0.3 is 15.0 Å². The molecule has 1 N–H and O–H groups in total. The maximum atomic E-state index is 13.9. The second-order valence-electron chi connectivity index (χ2n) is 10.1. The third-order valence-electron chi connectivity index (χ3n) is 6.74. The molecule has 3 rings (SSSR count). The largest absolute Gasteiger partial charge is 0.492 e. The first-order valence-electron chi connectivity index (χ1n) is 14.3. The predicted molar refractivity (Wildman–Crippen MR) is 173 cm³/mol. The zero-order chi connectivity index (χ0) is 31.4. The monoisotopic (exact) mass is 647 g/mol. The summed E-state index contributed by atoms with van der Waals surface area (Å²) in [6.45, 7) is 4.81. The van der Waals surface area contributed by atoms with Crippen LogP contribution in [0.15, 0.2) is 72.8 Å². The van der Waals surface area contributed by atoms with Gasteiger partial charge in [-0.3, -0.25) is 13.9 Å². The molecule has 1 atom stereocenters. The van der Waals surface area contributed by atoms with Crippen molar-refractivity contribution in [2.45, 2.75) is 52.1 Å². The first-order valence-corrected chi connectivity index (χ1v) is 16.9. The van der Waals surface area contributed by atoms with E-state index >= 15 is 0 Å². The molecule has 3 aromatic carbocycles. The van der Waals surface area contributed by atoms with E-state index in [1.165, 1.54) is 4.31 Å². The second-order valence-corrected chi connectivity index (χ2v) is 12.8. The molecule has 3 aromatic rings. The average Bonchev–Trinajstić information content (AvgIpc) is 2.98. The first kappa shape index (κ1) is 34.2. The van der Waals surface area contributed by atoms with Crippen molar-refractivity contribution in [1.82, 2.24) is 10.2 Å². The molecule has 0 heterocycles. The van der Waals surface area contributed by atoms with Crippen LogP contribution in [-0.4, -0.2) is 57.1 Å². The van der Waals surface area contributed by atoms with Crippen LogP contribution in [0.5, 0.6) is 5.75 Å². The van der Waals surface area contributed by atoms with Crippen LogP contribution >= 0.6 is 23.2 Å². The van der Waals surface area contributed by atoms with Gasteiger partial charge >= 0.3 is 0 Å². The van der Waals surface area contributed by atoms with E-state index < -0.39 is 16.1 Å². The van der Waals surface area contributed by atoms with Gasteiger partial charge in [-0.1, -0.05) is 78.7 Å². The van der Waals surface area contributed by atoms with E-state index in [1.807, 2.05) is 44.2 Å². The van der Waals surface area contributed by atoms with Gasteiger partial charge in [0.05, 0.1) is 28.6 Å². The molecule has 0 saturated heterocycles. The van der Waals surface area contributed by atoms with Crippen molar-refractivity contribution in [2.75, 3.05) is 30.3 Å². The van der Waals surface area contributed by atoms with Gasteiger partial charge in [0, 0.05) is 32.5 Å². The van der Waals surface area contributed by atoms with Gasteiger partial charge in [0.15, 0.2) is 0 Å². The van der Waals surface area contributed by atoms with E-state index in [1.54, 1.807) is 47.4 Å². The topological polar surface area (TPSA) is 96.0 Å². The Hall–Kier alpha value is -3.27. The number of nitrogens with zero attached hydrogens (tertiary/aromatic N) is 2. The molecule has 0 aliphatic rings. The Balaban J connectivity index is 1.91. The van der Waals surface area contributed by atoms with Crippen LogP contribution < -0.4 is 14.4 Å². The maximum absolute atomic E-state index is 13.9. The number of rotatable bonds is 16. The predicted octanol–water partition coefficient (Wildman–Crippen LogP) is 6.10. The van der Waals surface area contributed by atoms with Crippen molar-refractivity contribution in [3.05, 3.63) is 94.0 Å². The molecule has 0 radical (unpaired) electrons. The van der Waals surface area contributed by atoms with Crippen molar-refractivity contribution >= 4 is 50.7 Å². The third kappa shape index (κ3) is 10.2. The molecule has 0 bridgehead atoms. The summed E-state index contributed by atoms with van der Waals surface area (Å²) in [5, 5.41) is 3.68. The van der Waals surface area contributed by atoms with E-state index in [0.717, 1.165) is 18.2 Å². The number of amides is 2. The molecule has 8 nitrogen and oxygen atoms in total. The average molecular weight is 649 g/mol. The number of benzene rings is 3. The quantitative estimate of drug-likeness (QED) is 0.203. The molecular weight excluding hydrogens is 609 g/mol. The molecule has 43 heavy (non-hydrogen) atoms. The highest BCUT2D eigenvalue weighted by atomic mass is 35.5. The van der Waals surface area contributed by atoms with E-state index in [-0.39, 0.29) is 37.7 Å². The molecule has 2 amide bonds. The Labute approximate surface area is 265 Å². The molecule has 232 valence electrons. The highest BCUT2D eigenvalue weighted by Gasteiger charge is 2.30. The molecular formula is C32H39Cl2N3O5S. The highest BCUT2D eigenvalue weighted by molar-refractivity contribution is 7.92. The summed E-state index contributed by atoms with van der Waals surface area (Å²) in [6.07, 6.45) is 2.41. The van der Waals surface area contributed by atoms with Crippen molar-refractivity contribution in [3.8, 4) is 5.75 Å². The number of anilines is 1. The molecule has 0 spiro atoms. The lowest BCUT2D eigenvalue weighted by molar-refractivity contribution is -0.141. The number of hydrogen-bond acceptors (Lipinski definition) is 5. The fourth-order valence-electron chi connectivity index (χ4n) is 4.68. The summed E-state index contributed by atoms with van der Waals surface area (Å²) in [4.78, 5) is 29.0. The van der Waals surface area contributed by atoms with Crippen molar-refractivity contribution in [1.29, 1.82) is 0 Å². The van der Waals surface area contributed by atoms with Crippen LogP contribution in [0.25, 0.3) is 0 Å². The molecule has 0 saturated carbocycles. The number of sulfonamides is 1. The van der Waals surface area contributed by atoms with E-state index in [0.29, 0.717) is 46.6 Å². The lowest BCUT2D eigenvalue weighted by Gasteiger charge is -2.32. The third-order valence-corrected chi connectivity index (χ3v) is 8.66. The van der Waals surface area contributed by atoms with Gasteiger partial charge in [0.1, 0.15) is 11.8 Å². The molecule has 0 aromatic heterocycles. The summed E-state index contributed by atoms with van der Waals surface area (Å²) in [5.74, 6) is -0.105. The van der Waals surface area contributed by atoms with Gasteiger partial charge in [-0.25, -0.2) is 8.42 Å². The molecule has 0 aliphatic heterocycles. The van der Waals surface area contributed by atoms with Crippen LogP contribution in [0.3, 0.4) is 0 Å². The van der Waals surface area contributed by atoms with Crippen LogP contribution in [0.2, 0.25) is 10.0 Å². The van der Waals surface area contributed by atoms with Crippen LogP contribution in [0, 0.1) is 0 Å². The van der Waals surface area contributed by atoms with Crippen molar-refractivity contribution in [2.24, 2.45) is 0 Å². The standard InChI is InChI=1S/C32H39Cl2N3O5S/c1-4-19-35-32(39)29(22-24-12-7-6-8-13-24)36(23-25-17-18-26(33)27(34)21-25)31(38)16-11-20-37(43(3,40)41)28-14-9-10-15-30(28)42-5-2/h6-10,12-15,17-18,21,29H,4-5,11,16,19-20,22-23H2,1-3H3,(H,35,39)/t29-/m0/s1. The van der Waals surface area contributed by atoms with Gasteiger partial charge in [0.25, 0.3) is 0 Å². The number of nitrogens with one attached hydrogen (secondary N) is 1. The summed E-state index contributed by atoms with van der Waals surface area (Å²) < 4.78 is 32.5. The first-order chi connectivity index (χ1) is 20.5. The van der Waals surface area contributed by atoms with Gasteiger partial charge in [-0.2, -0.15) is 0 Å². The highest BCUT2D eigenvalue weighted by Crippen LogP contribution is 2.30. The fraction of sp³-hybridized carbons (Fsp3) is 0.375. The Bertz CT molecular complexity index is 1470. The Morgan fingerprint density at radius 2 is 1.63 bits per heavy atom. The second kappa shape index (κ2) is 16.5. The number of carbonyl (C=O) groups excluding carboxylic acids is 2. The smallest absolute Gasteiger partial charge is 0.243 e. The van der Waals surface area contributed by atoms with Crippen molar-refractivity contribution in [3.63, 3.8) is 0 Å². The summed E-state index contributed by atoms with van der Waals surface area (Å²) >= 11 is 12.4. The van der Waals surface area contributed by atoms with E-state index in [2.05, 4.69) is 5.32 Å². The summed E-state index contributed by atoms with van der Waals surface area (Å²) in [5.41, 5.74) is 2.03. The summed E-state index contributed by atoms with van der Waals surface area (Å²) in [7, 11) is -3.68. The SMILES string of the molecule is CCCNC(=O)[C@H](Cc1ccccc1)N(Cc1ccc(Cl)c(Cl)c1)C(=O)CCCN(c1ccccc1OCC)S(C)(=O)=O.